The topological polar surface area (TPSA) is 115 Å². The number of carbonyl (C=O) groups is 2. The number of furan rings is 1. The van der Waals surface area contributed by atoms with Crippen molar-refractivity contribution in [2.75, 3.05) is 6.61 Å². The lowest BCUT2D eigenvalue weighted by atomic mass is 9.36. The van der Waals surface area contributed by atoms with Gasteiger partial charge in [-0.3, -0.25) is 0 Å². The number of fused-ring (bicyclic) bond motifs is 4. The van der Waals surface area contributed by atoms with Gasteiger partial charge in [-0.2, -0.15) is 0 Å². The van der Waals surface area contributed by atoms with Crippen LogP contribution in [0.2, 0.25) is 0 Å². The number of cyclic esters (lactones) is 1. The number of allylic oxidation sites excluding steroid dienone is 1. The highest BCUT2D eigenvalue weighted by atomic mass is 16.6. The number of aliphatic hydroxyl groups excluding tert-OH is 2. The number of ether oxygens (including phenoxy) is 3. The molecule has 11 atom stereocenters. The Labute approximate surface area is 235 Å². The maximum atomic E-state index is 13.3. The van der Waals surface area contributed by atoms with Crippen molar-refractivity contribution in [3.8, 4) is 0 Å². The average molecular weight is 555 g/mol. The molecule has 2 N–H and O–H groups in total. The van der Waals surface area contributed by atoms with Crippen LogP contribution in [0.15, 0.2) is 45.6 Å². The molecule has 5 aliphatic rings. The minimum Gasteiger partial charge on any atom is -0.465 e. The summed E-state index contributed by atoms with van der Waals surface area (Å²) >= 11 is 0. The van der Waals surface area contributed by atoms with Crippen LogP contribution in [0, 0.1) is 33.5 Å². The normalized spacial score (nSPS) is 47.3. The molecule has 1 aromatic heterocycles. The zero-order valence-corrected chi connectivity index (χ0v) is 24.5. The second-order valence-electron chi connectivity index (χ2n) is 14.0. The number of hydrogen-bond donors (Lipinski definition) is 2. The van der Waals surface area contributed by atoms with Gasteiger partial charge in [0, 0.05) is 45.6 Å². The Kier molecular flexibility index (Phi) is 6.10. The zero-order chi connectivity index (χ0) is 29.0. The van der Waals surface area contributed by atoms with Crippen molar-refractivity contribution in [1.29, 1.82) is 0 Å². The minimum atomic E-state index is -0.937. The van der Waals surface area contributed by atoms with Crippen LogP contribution >= 0.6 is 0 Å². The first-order valence-electron chi connectivity index (χ1n) is 14.5. The summed E-state index contributed by atoms with van der Waals surface area (Å²) in [6.07, 6.45) is 1.32. The first-order valence-corrected chi connectivity index (χ1v) is 14.5. The maximum Gasteiger partial charge on any atom is 0.333 e. The lowest BCUT2D eigenvalue weighted by Crippen LogP contribution is -2.73. The Morgan fingerprint density at radius 2 is 1.85 bits per heavy atom. The molecule has 0 aromatic carbocycles. The first-order chi connectivity index (χ1) is 18.7. The summed E-state index contributed by atoms with van der Waals surface area (Å²) in [5.41, 5.74) is -0.461. The van der Waals surface area contributed by atoms with Gasteiger partial charge in [0.05, 0.1) is 31.2 Å². The van der Waals surface area contributed by atoms with Crippen LogP contribution in [-0.4, -0.2) is 53.2 Å². The molecule has 11 unspecified atom stereocenters. The smallest absolute Gasteiger partial charge is 0.333 e. The van der Waals surface area contributed by atoms with Gasteiger partial charge >= 0.3 is 11.9 Å². The SMILES string of the molecule is CC(C)=C(C)C(=O)OC1CC(O)C2(C)COC3C(O)C4(C)C5=CC(=O)OC(c6ccco6)C5(C)CCC4C1(C)C32. The molecule has 8 nitrogen and oxygen atoms in total. The molecular weight excluding hydrogens is 512 g/mol. The van der Waals surface area contributed by atoms with Crippen LogP contribution in [-0.2, 0) is 23.8 Å². The number of esters is 2. The van der Waals surface area contributed by atoms with Gasteiger partial charge in [0.1, 0.15) is 11.9 Å². The molecule has 8 heteroatoms. The zero-order valence-electron chi connectivity index (χ0n) is 24.5. The molecule has 0 radical (unpaired) electrons. The van der Waals surface area contributed by atoms with Crippen molar-refractivity contribution in [3.63, 3.8) is 0 Å². The quantitative estimate of drug-likeness (QED) is 0.410. The Hall–Kier alpha value is -2.42. The molecule has 6 rings (SSSR count). The molecule has 0 amide bonds. The lowest BCUT2D eigenvalue weighted by molar-refractivity contribution is -0.264. The third kappa shape index (κ3) is 3.36. The average Bonchev–Trinajstić information content (AvgIpc) is 3.55. The number of aliphatic hydroxyl groups is 2. The van der Waals surface area contributed by atoms with Crippen LogP contribution in [0.1, 0.15) is 79.6 Å². The summed E-state index contributed by atoms with van der Waals surface area (Å²) < 4.78 is 24.3. The van der Waals surface area contributed by atoms with Gasteiger partial charge < -0.3 is 28.8 Å². The third-order valence-electron chi connectivity index (χ3n) is 11.9. The van der Waals surface area contributed by atoms with Crippen molar-refractivity contribution < 1.29 is 38.4 Å². The van der Waals surface area contributed by atoms with E-state index in [4.69, 9.17) is 18.6 Å². The fourth-order valence-electron chi connectivity index (χ4n) is 9.59. The minimum absolute atomic E-state index is 0.155. The van der Waals surface area contributed by atoms with E-state index in [0.717, 1.165) is 11.1 Å². The van der Waals surface area contributed by atoms with E-state index in [1.165, 1.54) is 0 Å². The van der Waals surface area contributed by atoms with E-state index in [9.17, 15) is 19.8 Å². The second-order valence-corrected chi connectivity index (χ2v) is 14.0. The summed E-state index contributed by atoms with van der Waals surface area (Å²) in [5.74, 6) is -0.676. The van der Waals surface area contributed by atoms with Crippen LogP contribution in [0.3, 0.4) is 0 Å². The van der Waals surface area contributed by atoms with E-state index >= 15 is 0 Å². The molecule has 1 aromatic rings. The number of carbonyl (C=O) groups excluding carboxylic acids is 2. The largest absolute Gasteiger partial charge is 0.465 e. The summed E-state index contributed by atoms with van der Waals surface area (Å²) in [6, 6.07) is 3.61. The highest BCUT2D eigenvalue weighted by molar-refractivity contribution is 5.88. The Morgan fingerprint density at radius 1 is 1.12 bits per heavy atom. The van der Waals surface area contributed by atoms with Crippen LogP contribution in [0.4, 0.5) is 0 Å². The predicted molar refractivity (Wildman–Crippen MR) is 145 cm³/mol. The van der Waals surface area contributed by atoms with Gasteiger partial charge in [-0.15, -0.1) is 0 Å². The predicted octanol–water partition coefficient (Wildman–Crippen LogP) is 4.66. The van der Waals surface area contributed by atoms with Crippen LogP contribution < -0.4 is 0 Å². The van der Waals surface area contributed by atoms with Crippen LogP contribution in [0.5, 0.6) is 0 Å². The van der Waals surface area contributed by atoms with Gasteiger partial charge in [0.2, 0.25) is 0 Å². The van der Waals surface area contributed by atoms with Gasteiger partial charge in [-0.05, 0) is 57.2 Å². The van der Waals surface area contributed by atoms with Gasteiger partial charge in [-0.25, -0.2) is 9.59 Å². The lowest BCUT2D eigenvalue weighted by Gasteiger charge is -2.69. The van der Waals surface area contributed by atoms with E-state index in [2.05, 4.69) is 13.8 Å². The molecule has 3 saturated carbocycles. The first kappa shape index (κ1) is 27.7. The highest BCUT2D eigenvalue weighted by Gasteiger charge is 2.77. The Bertz CT molecular complexity index is 1290. The summed E-state index contributed by atoms with van der Waals surface area (Å²) in [7, 11) is 0. The highest BCUT2D eigenvalue weighted by Crippen LogP contribution is 2.74. The summed E-state index contributed by atoms with van der Waals surface area (Å²) in [6.45, 7) is 14.1. The van der Waals surface area contributed by atoms with Gasteiger partial charge in [-0.1, -0.05) is 33.3 Å². The van der Waals surface area contributed by atoms with Gasteiger partial charge in [0.15, 0.2) is 6.10 Å². The van der Waals surface area contributed by atoms with Crippen molar-refractivity contribution in [2.45, 2.75) is 98.2 Å². The molecular formula is C32H42O8. The van der Waals surface area contributed by atoms with E-state index in [0.29, 0.717) is 30.8 Å². The molecule has 3 heterocycles. The number of rotatable bonds is 3. The molecule has 3 aliphatic carbocycles. The molecule has 2 aliphatic heterocycles. The molecule has 0 spiro atoms. The molecule has 4 fully saturated rings. The monoisotopic (exact) mass is 554 g/mol. The fraction of sp³-hybridized carbons (Fsp3) is 0.688. The van der Waals surface area contributed by atoms with Crippen molar-refractivity contribution in [3.05, 3.63) is 47.0 Å². The maximum absolute atomic E-state index is 13.3. The molecule has 40 heavy (non-hydrogen) atoms. The second kappa shape index (κ2) is 8.79. The summed E-state index contributed by atoms with van der Waals surface area (Å²) in [5, 5.41) is 23.7. The van der Waals surface area contributed by atoms with Gasteiger partial charge in [0.25, 0.3) is 0 Å². The van der Waals surface area contributed by atoms with E-state index < -0.39 is 58.1 Å². The van der Waals surface area contributed by atoms with E-state index in [-0.39, 0.29) is 24.2 Å². The van der Waals surface area contributed by atoms with E-state index in [1.54, 1.807) is 25.3 Å². The van der Waals surface area contributed by atoms with Crippen LogP contribution in [0.25, 0.3) is 0 Å². The van der Waals surface area contributed by atoms with Crippen molar-refractivity contribution in [2.24, 2.45) is 33.5 Å². The molecule has 218 valence electrons. The number of hydrogen-bond acceptors (Lipinski definition) is 8. The Balaban J connectivity index is 1.51. The van der Waals surface area contributed by atoms with E-state index in [1.807, 2.05) is 33.8 Å². The fourth-order valence-corrected chi connectivity index (χ4v) is 9.59. The molecule has 1 saturated heterocycles. The third-order valence-corrected chi connectivity index (χ3v) is 11.9. The Morgan fingerprint density at radius 3 is 2.50 bits per heavy atom. The van der Waals surface area contributed by atoms with Crippen molar-refractivity contribution >= 4 is 11.9 Å². The standard InChI is InChI=1S/C32H42O8/c1-16(2)17(3)28(36)39-22-14-21(33)30(5)15-38-24-25(30)32(22,7)19-10-11-29(4)20(31(19,6)26(24)35)13-23(34)40-27(29)18-9-8-12-37-18/h8-9,12-13,19,21-22,24-27,33,35H,10-11,14-15H2,1-7H3. The van der Waals surface area contributed by atoms with Crippen molar-refractivity contribution in [1.82, 2.24) is 0 Å². The molecule has 0 bridgehead atoms. The summed E-state index contributed by atoms with van der Waals surface area (Å²) in [4.78, 5) is 26.4.